The molecule has 10 heteroatoms. The number of nitrogens with zero attached hydrogens (tertiary/aromatic N) is 1. The number of hydrogen-bond acceptors (Lipinski definition) is 9. The minimum atomic E-state index is -1.25. The fourth-order valence-corrected chi connectivity index (χ4v) is 5.91. The van der Waals surface area contributed by atoms with E-state index in [4.69, 9.17) is 23.7 Å². The fourth-order valence-electron chi connectivity index (χ4n) is 5.91. The first-order valence-corrected chi connectivity index (χ1v) is 14.5. The van der Waals surface area contributed by atoms with Gasteiger partial charge < -0.3 is 28.3 Å². The molecule has 0 radical (unpaired) electrons. The van der Waals surface area contributed by atoms with Crippen LogP contribution >= 0.6 is 0 Å². The summed E-state index contributed by atoms with van der Waals surface area (Å²) in [4.78, 5) is 48.5. The zero-order valence-corrected chi connectivity index (χ0v) is 25.0. The van der Waals surface area contributed by atoms with Crippen molar-refractivity contribution in [3.63, 3.8) is 0 Å². The molecule has 3 aromatic rings. The van der Waals surface area contributed by atoms with Gasteiger partial charge in [0.15, 0.2) is 24.5 Å². The first-order valence-electron chi connectivity index (χ1n) is 14.5. The number of hydrogen-bond donors (Lipinski definition) is 0. The fraction of sp³-hybridized carbons (Fsp3) is 0.455. The zero-order valence-electron chi connectivity index (χ0n) is 25.0. The molecule has 10 nitrogen and oxygen atoms in total. The van der Waals surface area contributed by atoms with Crippen LogP contribution in [0.25, 0.3) is 10.9 Å². The van der Waals surface area contributed by atoms with Crippen LogP contribution in [-0.2, 0) is 49.3 Å². The zero-order chi connectivity index (χ0) is 30.8. The van der Waals surface area contributed by atoms with Crippen LogP contribution in [0.5, 0.6) is 0 Å². The van der Waals surface area contributed by atoms with Gasteiger partial charge in [0.1, 0.15) is 12.7 Å². The number of aromatic nitrogens is 1. The minimum Gasteiger partial charge on any atom is -0.463 e. The molecule has 2 aliphatic rings. The monoisotopic (exact) mass is 591 g/mol. The van der Waals surface area contributed by atoms with Crippen molar-refractivity contribution in [2.24, 2.45) is 0 Å². The minimum absolute atomic E-state index is 0.285. The van der Waals surface area contributed by atoms with E-state index < -0.39 is 54.5 Å². The smallest absolute Gasteiger partial charge is 0.303 e. The van der Waals surface area contributed by atoms with Crippen molar-refractivity contribution >= 4 is 34.8 Å². The molecule has 43 heavy (non-hydrogen) atoms. The third-order valence-electron chi connectivity index (χ3n) is 7.81. The molecule has 0 N–H and O–H groups in total. The predicted octanol–water partition coefficient (Wildman–Crippen LogP) is 4.67. The van der Waals surface area contributed by atoms with Gasteiger partial charge in [-0.3, -0.25) is 19.2 Å². The maximum Gasteiger partial charge on any atom is 0.303 e. The maximum absolute atomic E-state index is 12.4. The first-order chi connectivity index (χ1) is 20.5. The number of carbonyl (C=O) groups is 4. The molecule has 0 bridgehead atoms. The lowest BCUT2D eigenvalue weighted by molar-refractivity contribution is -0.267. The Hall–Kier alpha value is -4.18. The standard InChI is InChI=1S/C33H37NO9/c1-18-7-6-8-27-29(18)26(15-23-9-11-24(12-10-23)25-13-14-25)16-34(27)33-32(42-22(5)38)31(41-21(4)37)30(40-20(3)36)28(43-33)17-39-19(2)35/h6-12,16,25,28,30-33H,13-15,17H2,1-5H3/t28-,30-,31+,32-,33-/m1/s1. The lowest BCUT2D eigenvalue weighted by atomic mass is 9.97. The quantitative estimate of drug-likeness (QED) is 0.258. The molecule has 1 aliphatic carbocycles. The van der Waals surface area contributed by atoms with Crippen LogP contribution in [0, 0.1) is 6.92 Å². The number of aryl methyl sites for hydroxylation is 1. The molecular formula is C33H37NO9. The third kappa shape index (κ3) is 6.91. The van der Waals surface area contributed by atoms with Crippen LogP contribution in [0.3, 0.4) is 0 Å². The number of esters is 4. The highest BCUT2D eigenvalue weighted by atomic mass is 16.7. The van der Waals surface area contributed by atoms with Crippen molar-refractivity contribution < 1.29 is 42.9 Å². The van der Waals surface area contributed by atoms with Crippen LogP contribution < -0.4 is 0 Å². The number of ether oxygens (including phenoxy) is 5. The molecule has 5 rings (SSSR count). The second kappa shape index (κ2) is 12.6. The summed E-state index contributed by atoms with van der Waals surface area (Å²) in [5, 5.41) is 1.02. The van der Waals surface area contributed by atoms with E-state index in [0.717, 1.165) is 27.6 Å². The van der Waals surface area contributed by atoms with Crippen LogP contribution in [-0.4, -0.2) is 59.5 Å². The lowest BCUT2D eigenvalue weighted by Crippen LogP contribution is -2.60. The van der Waals surface area contributed by atoms with E-state index in [9.17, 15) is 19.2 Å². The largest absolute Gasteiger partial charge is 0.463 e. The van der Waals surface area contributed by atoms with E-state index in [1.165, 1.54) is 46.1 Å². The van der Waals surface area contributed by atoms with Crippen LogP contribution in [0.1, 0.15) is 74.9 Å². The van der Waals surface area contributed by atoms with E-state index in [-0.39, 0.29) is 6.61 Å². The van der Waals surface area contributed by atoms with Crippen LogP contribution in [0.15, 0.2) is 48.7 Å². The average Bonchev–Trinajstić information content (AvgIpc) is 3.72. The molecule has 1 saturated carbocycles. The summed E-state index contributed by atoms with van der Waals surface area (Å²) >= 11 is 0. The highest BCUT2D eigenvalue weighted by Crippen LogP contribution is 2.41. The molecule has 1 aromatic heterocycles. The van der Waals surface area contributed by atoms with E-state index >= 15 is 0 Å². The van der Waals surface area contributed by atoms with E-state index in [0.29, 0.717) is 12.3 Å². The summed E-state index contributed by atoms with van der Waals surface area (Å²) in [5.41, 5.74) is 5.39. The lowest BCUT2D eigenvalue weighted by Gasteiger charge is -2.44. The molecule has 5 atom stereocenters. The first kappa shape index (κ1) is 30.3. The van der Waals surface area contributed by atoms with Crippen molar-refractivity contribution in [2.75, 3.05) is 6.61 Å². The molecule has 0 spiro atoms. The molecule has 2 heterocycles. The van der Waals surface area contributed by atoms with Gasteiger partial charge in [0.05, 0.1) is 5.52 Å². The van der Waals surface area contributed by atoms with E-state index in [1.807, 2.05) is 35.9 Å². The molecule has 1 aliphatic heterocycles. The summed E-state index contributed by atoms with van der Waals surface area (Å²) in [6.07, 6.45) is -0.631. The van der Waals surface area contributed by atoms with Gasteiger partial charge in [-0.2, -0.15) is 0 Å². The van der Waals surface area contributed by atoms with E-state index in [1.54, 1.807) is 0 Å². The van der Waals surface area contributed by atoms with Gasteiger partial charge in [-0.15, -0.1) is 0 Å². The number of fused-ring (bicyclic) bond motifs is 1. The number of benzene rings is 2. The Balaban J connectivity index is 1.60. The molecule has 228 valence electrons. The molecule has 0 amide bonds. The Morgan fingerprint density at radius 2 is 1.44 bits per heavy atom. The van der Waals surface area contributed by atoms with Crippen LogP contribution in [0.4, 0.5) is 0 Å². The third-order valence-corrected chi connectivity index (χ3v) is 7.81. The van der Waals surface area contributed by atoms with Gasteiger partial charge in [0, 0.05) is 39.3 Å². The van der Waals surface area contributed by atoms with Crippen molar-refractivity contribution in [1.82, 2.24) is 4.57 Å². The average molecular weight is 592 g/mol. The predicted molar refractivity (Wildman–Crippen MR) is 155 cm³/mol. The molecule has 2 fully saturated rings. The molecule has 2 aromatic carbocycles. The topological polar surface area (TPSA) is 119 Å². The highest BCUT2D eigenvalue weighted by Gasteiger charge is 2.53. The SMILES string of the molecule is CC(=O)OC[C@H]1O[C@@H](n2cc(Cc3ccc(C4CC4)cc3)c3c(C)cccc32)[C@H](OC(C)=O)[C@@H](OC(C)=O)[C@@H]1OC(C)=O. The summed E-state index contributed by atoms with van der Waals surface area (Å²) in [5.74, 6) is -1.88. The van der Waals surface area contributed by atoms with Crippen molar-refractivity contribution in [1.29, 1.82) is 0 Å². The number of rotatable bonds is 9. The summed E-state index contributed by atoms with van der Waals surface area (Å²) in [6.45, 7) is 6.64. The molecular weight excluding hydrogens is 554 g/mol. The van der Waals surface area contributed by atoms with Gasteiger partial charge in [-0.05, 0) is 60.4 Å². The van der Waals surface area contributed by atoms with Gasteiger partial charge in [-0.1, -0.05) is 36.4 Å². The van der Waals surface area contributed by atoms with Gasteiger partial charge in [0.2, 0.25) is 0 Å². The van der Waals surface area contributed by atoms with Crippen molar-refractivity contribution in [2.45, 2.75) is 90.4 Å². The Morgan fingerprint density at radius 1 is 0.814 bits per heavy atom. The summed E-state index contributed by atoms with van der Waals surface area (Å²) < 4.78 is 30.5. The Morgan fingerprint density at radius 3 is 2.05 bits per heavy atom. The van der Waals surface area contributed by atoms with Gasteiger partial charge in [0.25, 0.3) is 0 Å². The molecule has 1 saturated heterocycles. The number of carbonyl (C=O) groups excluding carboxylic acids is 4. The maximum atomic E-state index is 12.4. The Kier molecular flexibility index (Phi) is 8.87. The van der Waals surface area contributed by atoms with Crippen molar-refractivity contribution in [3.05, 3.63) is 70.9 Å². The Bertz CT molecular complexity index is 1520. The second-order valence-corrected chi connectivity index (χ2v) is 11.3. The van der Waals surface area contributed by atoms with E-state index in [2.05, 4.69) is 24.3 Å². The van der Waals surface area contributed by atoms with Crippen LogP contribution in [0.2, 0.25) is 0 Å². The summed E-state index contributed by atoms with van der Waals surface area (Å²) in [7, 11) is 0. The highest BCUT2D eigenvalue weighted by molar-refractivity contribution is 5.87. The van der Waals surface area contributed by atoms with Gasteiger partial charge in [-0.25, -0.2) is 0 Å². The molecule has 0 unspecified atom stereocenters. The summed E-state index contributed by atoms with van der Waals surface area (Å²) in [6, 6.07) is 14.6. The van der Waals surface area contributed by atoms with Gasteiger partial charge >= 0.3 is 23.9 Å². The normalized spacial score (nSPS) is 23.4. The second-order valence-electron chi connectivity index (χ2n) is 11.3. The van der Waals surface area contributed by atoms with Crippen molar-refractivity contribution in [3.8, 4) is 0 Å². The Labute approximate surface area is 250 Å².